The predicted octanol–water partition coefficient (Wildman–Crippen LogP) is 2.96. The van der Waals surface area contributed by atoms with Gasteiger partial charge in [0.15, 0.2) is 5.65 Å². The number of rotatable bonds is 5. The molecule has 0 saturated carbocycles. The number of aryl methyl sites for hydroxylation is 2. The van der Waals surface area contributed by atoms with Crippen molar-refractivity contribution in [1.82, 2.24) is 19.9 Å². The first-order valence-electron chi connectivity index (χ1n) is 6.71. The van der Waals surface area contributed by atoms with Crippen LogP contribution in [0, 0.1) is 13.8 Å². The third-order valence-corrected chi connectivity index (χ3v) is 3.41. The van der Waals surface area contributed by atoms with E-state index in [2.05, 4.69) is 42.7 Å². The molecule has 1 N–H and O–H groups in total. The summed E-state index contributed by atoms with van der Waals surface area (Å²) in [6, 6.07) is 2.65. The van der Waals surface area contributed by atoms with Gasteiger partial charge in [-0.3, -0.25) is 0 Å². The smallest absolute Gasteiger partial charge is 0.155 e. The molecule has 2 aromatic rings. The first-order valence-corrected chi connectivity index (χ1v) is 6.71. The van der Waals surface area contributed by atoms with E-state index >= 15 is 0 Å². The minimum Gasteiger partial charge on any atom is -0.307 e. The molecule has 19 heavy (non-hydrogen) atoms. The Morgan fingerprint density at radius 2 is 2.16 bits per heavy atom. The van der Waals surface area contributed by atoms with Gasteiger partial charge in [-0.05, 0) is 34.1 Å². The Labute approximate surface area is 114 Å². The zero-order valence-corrected chi connectivity index (χ0v) is 12.1. The van der Waals surface area contributed by atoms with Crippen molar-refractivity contribution in [2.24, 2.45) is 0 Å². The SMILES string of the molecule is C=CCC(C)NC(C)c1cnc2cc(C)nn2c1C. The fourth-order valence-electron chi connectivity index (χ4n) is 2.44. The normalized spacial score (nSPS) is 14.5. The Balaban J connectivity index is 2.29. The van der Waals surface area contributed by atoms with Gasteiger partial charge in [-0.1, -0.05) is 6.08 Å². The quantitative estimate of drug-likeness (QED) is 0.838. The maximum Gasteiger partial charge on any atom is 0.155 e. The lowest BCUT2D eigenvalue weighted by molar-refractivity contribution is 0.478. The van der Waals surface area contributed by atoms with Crippen LogP contribution in [0.15, 0.2) is 24.9 Å². The molecule has 0 aliphatic carbocycles. The molecule has 0 aliphatic heterocycles. The summed E-state index contributed by atoms with van der Waals surface area (Å²) in [5, 5.41) is 8.04. The van der Waals surface area contributed by atoms with Crippen molar-refractivity contribution in [3.63, 3.8) is 0 Å². The lowest BCUT2D eigenvalue weighted by Crippen LogP contribution is -2.29. The Morgan fingerprint density at radius 1 is 1.42 bits per heavy atom. The number of fused-ring (bicyclic) bond motifs is 1. The Morgan fingerprint density at radius 3 is 2.84 bits per heavy atom. The molecule has 0 fully saturated rings. The fraction of sp³-hybridized carbons (Fsp3) is 0.467. The summed E-state index contributed by atoms with van der Waals surface area (Å²) in [5.41, 5.74) is 4.23. The highest BCUT2D eigenvalue weighted by Crippen LogP contribution is 2.18. The van der Waals surface area contributed by atoms with Crippen LogP contribution in [0.1, 0.15) is 43.3 Å². The van der Waals surface area contributed by atoms with Crippen LogP contribution in [-0.4, -0.2) is 20.6 Å². The van der Waals surface area contributed by atoms with Crippen LogP contribution in [0.5, 0.6) is 0 Å². The van der Waals surface area contributed by atoms with E-state index in [9.17, 15) is 0 Å². The molecule has 2 atom stereocenters. The van der Waals surface area contributed by atoms with E-state index in [-0.39, 0.29) is 6.04 Å². The zero-order chi connectivity index (χ0) is 14.0. The highest BCUT2D eigenvalue weighted by molar-refractivity contribution is 5.42. The molecular weight excluding hydrogens is 236 g/mol. The van der Waals surface area contributed by atoms with E-state index in [1.165, 1.54) is 5.56 Å². The van der Waals surface area contributed by atoms with Crippen LogP contribution in [0.2, 0.25) is 0 Å². The average molecular weight is 258 g/mol. The monoisotopic (exact) mass is 258 g/mol. The van der Waals surface area contributed by atoms with E-state index in [1.54, 1.807) is 0 Å². The summed E-state index contributed by atoms with van der Waals surface area (Å²) < 4.78 is 1.92. The van der Waals surface area contributed by atoms with Crippen molar-refractivity contribution in [2.45, 2.75) is 46.2 Å². The average Bonchev–Trinajstić information content (AvgIpc) is 2.71. The second-order valence-electron chi connectivity index (χ2n) is 5.17. The number of hydrogen-bond donors (Lipinski definition) is 1. The molecule has 2 unspecified atom stereocenters. The van der Waals surface area contributed by atoms with Crippen LogP contribution >= 0.6 is 0 Å². The minimum absolute atomic E-state index is 0.247. The second kappa shape index (κ2) is 5.53. The summed E-state index contributed by atoms with van der Waals surface area (Å²) in [5.74, 6) is 0. The van der Waals surface area contributed by atoms with Gasteiger partial charge in [-0.25, -0.2) is 9.50 Å². The van der Waals surface area contributed by atoms with Crippen LogP contribution in [-0.2, 0) is 0 Å². The van der Waals surface area contributed by atoms with Gasteiger partial charge in [0.1, 0.15) is 0 Å². The van der Waals surface area contributed by atoms with E-state index in [0.717, 1.165) is 23.5 Å². The Kier molecular flexibility index (Phi) is 4.00. The molecule has 0 bridgehead atoms. The first kappa shape index (κ1) is 13.7. The van der Waals surface area contributed by atoms with Crippen molar-refractivity contribution < 1.29 is 0 Å². The summed E-state index contributed by atoms with van der Waals surface area (Å²) >= 11 is 0. The highest BCUT2D eigenvalue weighted by atomic mass is 15.3. The molecule has 0 amide bonds. The standard InChI is InChI=1S/C15H22N4/c1-6-7-10(2)17-12(4)14-9-16-15-8-11(3)18-19(15)13(14)5/h6,8-10,12,17H,1,7H2,2-5H3. The van der Waals surface area contributed by atoms with E-state index in [4.69, 9.17) is 0 Å². The van der Waals surface area contributed by atoms with Gasteiger partial charge in [-0.15, -0.1) is 6.58 Å². The fourth-order valence-corrected chi connectivity index (χ4v) is 2.44. The summed E-state index contributed by atoms with van der Waals surface area (Å²) in [6.45, 7) is 12.2. The molecule has 102 valence electrons. The van der Waals surface area contributed by atoms with Gasteiger partial charge in [0, 0.05) is 35.6 Å². The lowest BCUT2D eigenvalue weighted by atomic mass is 10.1. The van der Waals surface area contributed by atoms with E-state index < -0.39 is 0 Å². The minimum atomic E-state index is 0.247. The van der Waals surface area contributed by atoms with Crippen LogP contribution < -0.4 is 5.32 Å². The zero-order valence-electron chi connectivity index (χ0n) is 12.1. The molecule has 2 aromatic heterocycles. The van der Waals surface area contributed by atoms with Gasteiger partial charge in [-0.2, -0.15) is 5.10 Å². The molecule has 0 aromatic carbocycles. The first-order chi connectivity index (χ1) is 9.02. The van der Waals surface area contributed by atoms with Gasteiger partial charge in [0.2, 0.25) is 0 Å². The highest BCUT2D eigenvalue weighted by Gasteiger charge is 2.14. The van der Waals surface area contributed by atoms with Gasteiger partial charge in [0.05, 0.1) is 5.69 Å². The third kappa shape index (κ3) is 2.84. The molecule has 0 saturated heterocycles. The summed E-state index contributed by atoms with van der Waals surface area (Å²) in [6.07, 6.45) is 4.85. The molecule has 0 spiro atoms. The predicted molar refractivity (Wildman–Crippen MR) is 78.3 cm³/mol. The molecule has 4 nitrogen and oxygen atoms in total. The van der Waals surface area contributed by atoms with Gasteiger partial charge in [0.25, 0.3) is 0 Å². The van der Waals surface area contributed by atoms with Crippen molar-refractivity contribution in [2.75, 3.05) is 0 Å². The van der Waals surface area contributed by atoms with Gasteiger partial charge < -0.3 is 5.32 Å². The number of hydrogen-bond acceptors (Lipinski definition) is 3. The van der Waals surface area contributed by atoms with E-state index in [1.807, 2.05) is 29.8 Å². The number of aromatic nitrogens is 3. The molecule has 0 aliphatic rings. The van der Waals surface area contributed by atoms with E-state index in [0.29, 0.717) is 6.04 Å². The van der Waals surface area contributed by atoms with Crippen LogP contribution in [0.4, 0.5) is 0 Å². The number of nitrogens with one attached hydrogen (secondary N) is 1. The number of nitrogens with zero attached hydrogens (tertiary/aromatic N) is 3. The Bertz CT molecular complexity index is 585. The summed E-state index contributed by atoms with van der Waals surface area (Å²) in [4.78, 5) is 4.48. The molecule has 4 heteroatoms. The largest absolute Gasteiger partial charge is 0.307 e. The second-order valence-corrected chi connectivity index (χ2v) is 5.17. The molecule has 2 rings (SSSR count). The molecule has 2 heterocycles. The lowest BCUT2D eigenvalue weighted by Gasteiger charge is -2.20. The van der Waals surface area contributed by atoms with Crippen molar-refractivity contribution in [1.29, 1.82) is 0 Å². The van der Waals surface area contributed by atoms with Gasteiger partial charge >= 0.3 is 0 Å². The third-order valence-electron chi connectivity index (χ3n) is 3.41. The molecule has 0 radical (unpaired) electrons. The molecular formula is C15H22N4. The van der Waals surface area contributed by atoms with Crippen molar-refractivity contribution in [3.05, 3.63) is 41.9 Å². The van der Waals surface area contributed by atoms with Crippen LogP contribution in [0.25, 0.3) is 5.65 Å². The maximum atomic E-state index is 4.48. The van der Waals surface area contributed by atoms with Crippen LogP contribution in [0.3, 0.4) is 0 Å². The Hall–Kier alpha value is -1.68. The maximum absolute atomic E-state index is 4.48. The summed E-state index contributed by atoms with van der Waals surface area (Å²) in [7, 11) is 0. The topological polar surface area (TPSA) is 42.2 Å². The van der Waals surface area contributed by atoms with Crippen molar-refractivity contribution >= 4 is 5.65 Å². The van der Waals surface area contributed by atoms with Crippen molar-refractivity contribution in [3.8, 4) is 0 Å².